The van der Waals surface area contributed by atoms with Gasteiger partial charge in [-0.15, -0.1) is 0 Å². The van der Waals surface area contributed by atoms with Crippen molar-refractivity contribution in [2.75, 3.05) is 0 Å². The highest BCUT2D eigenvalue weighted by Crippen LogP contribution is 2.21. The molecule has 82 valence electrons. The van der Waals surface area contributed by atoms with Crippen LogP contribution in [0.2, 0.25) is 10.0 Å². The van der Waals surface area contributed by atoms with Gasteiger partial charge in [0.05, 0.1) is 16.8 Å². The maximum Gasteiger partial charge on any atom is 0.0726 e. The number of nitrogens with two attached hydrogens (primary N) is 1. The maximum atomic E-state index is 6.07. The third-order valence-electron chi connectivity index (χ3n) is 2.28. The highest BCUT2D eigenvalue weighted by atomic mass is 35.5. The molecule has 1 heterocycles. The lowest BCUT2D eigenvalue weighted by atomic mass is 10.0. The maximum absolute atomic E-state index is 6.07. The molecule has 0 radical (unpaired) electrons. The number of hydrogen-bond acceptors (Lipinski definition) is 2. The van der Waals surface area contributed by atoms with Crippen molar-refractivity contribution in [2.24, 2.45) is 5.73 Å². The molecule has 0 saturated carbocycles. The molecule has 16 heavy (non-hydrogen) atoms. The van der Waals surface area contributed by atoms with E-state index in [1.807, 2.05) is 30.3 Å². The normalized spacial score (nSPS) is 12.4. The van der Waals surface area contributed by atoms with Crippen molar-refractivity contribution in [3.05, 3.63) is 63.9 Å². The fourth-order valence-electron chi connectivity index (χ4n) is 1.44. The van der Waals surface area contributed by atoms with Crippen LogP contribution in [0.1, 0.15) is 17.3 Å². The van der Waals surface area contributed by atoms with Gasteiger partial charge in [0, 0.05) is 11.2 Å². The second-order valence-electron chi connectivity index (χ2n) is 3.43. The zero-order valence-electron chi connectivity index (χ0n) is 8.40. The third-order valence-corrected chi connectivity index (χ3v) is 2.74. The van der Waals surface area contributed by atoms with Crippen LogP contribution in [0, 0.1) is 0 Å². The van der Waals surface area contributed by atoms with Gasteiger partial charge in [0.15, 0.2) is 0 Å². The second kappa shape index (κ2) is 4.83. The zero-order valence-corrected chi connectivity index (χ0v) is 9.91. The molecule has 0 spiro atoms. The van der Waals surface area contributed by atoms with Gasteiger partial charge in [-0.1, -0.05) is 35.3 Å². The molecule has 1 unspecified atom stereocenters. The second-order valence-corrected chi connectivity index (χ2v) is 4.31. The Bertz CT molecular complexity index is 483. The van der Waals surface area contributed by atoms with Gasteiger partial charge in [0.1, 0.15) is 0 Å². The van der Waals surface area contributed by atoms with Crippen LogP contribution in [-0.4, -0.2) is 4.98 Å². The largest absolute Gasteiger partial charge is 0.319 e. The van der Waals surface area contributed by atoms with Crippen LogP contribution >= 0.6 is 23.2 Å². The molecule has 2 aromatic rings. The van der Waals surface area contributed by atoms with Gasteiger partial charge >= 0.3 is 0 Å². The molecule has 2 nitrogen and oxygen atoms in total. The summed E-state index contributed by atoms with van der Waals surface area (Å²) in [6.45, 7) is 0. The summed E-state index contributed by atoms with van der Waals surface area (Å²) in [7, 11) is 0. The number of nitrogens with zero attached hydrogens (tertiary/aromatic N) is 1. The number of rotatable bonds is 2. The van der Waals surface area contributed by atoms with Crippen molar-refractivity contribution >= 4 is 23.2 Å². The highest BCUT2D eigenvalue weighted by molar-refractivity contribution is 6.30. The van der Waals surface area contributed by atoms with Crippen LogP contribution in [0.5, 0.6) is 0 Å². The van der Waals surface area contributed by atoms with E-state index < -0.39 is 0 Å². The molecule has 0 amide bonds. The Morgan fingerprint density at radius 3 is 2.50 bits per heavy atom. The molecule has 2 N–H and O–H groups in total. The predicted molar refractivity (Wildman–Crippen MR) is 66.7 cm³/mol. The molecular weight excluding hydrogens is 243 g/mol. The third kappa shape index (κ3) is 2.53. The number of hydrogen-bond donors (Lipinski definition) is 1. The number of pyridine rings is 1. The lowest BCUT2D eigenvalue weighted by Crippen LogP contribution is -2.13. The average molecular weight is 253 g/mol. The molecular formula is C12H10Cl2N2. The minimum Gasteiger partial charge on any atom is -0.319 e. The smallest absolute Gasteiger partial charge is 0.0726 e. The van der Waals surface area contributed by atoms with Crippen molar-refractivity contribution in [1.82, 2.24) is 4.98 Å². The van der Waals surface area contributed by atoms with Gasteiger partial charge < -0.3 is 5.73 Å². The van der Waals surface area contributed by atoms with E-state index in [-0.39, 0.29) is 6.04 Å². The minimum absolute atomic E-state index is 0.282. The molecule has 4 heteroatoms. The first-order chi connectivity index (χ1) is 7.66. The minimum atomic E-state index is -0.282. The Morgan fingerprint density at radius 2 is 1.88 bits per heavy atom. The summed E-state index contributed by atoms with van der Waals surface area (Å²) in [6.07, 6.45) is 1.58. The van der Waals surface area contributed by atoms with Gasteiger partial charge in [-0.3, -0.25) is 4.98 Å². The van der Waals surface area contributed by atoms with Gasteiger partial charge in [-0.05, 0) is 29.8 Å². The molecule has 0 aliphatic rings. The molecule has 0 aliphatic carbocycles. The lowest BCUT2D eigenvalue weighted by Gasteiger charge is -2.11. The molecule has 0 bridgehead atoms. The first kappa shape index (κ1) is 11.4. The van der Waals surface area contributed by atoms with Crippen LogP contribution in [-0.2, 0) is 0 Å². The fraction of sp³-hybridized carbons (Fsp3) is 0.0833. The van der Waals surface area contributed by atoms with Gasteiger partial charge in [-0.2, -0.15) is 0 Å². The van der Waals surface area contributed by atoms with Crippen molar-refractivity contribution in [3.63, 3.8) is 0 Å². The Balaban J connectivity index is 2.31. The summed E-state index contributed by atoms with van der Waals surface area (Å²) in [5, 5.41) is 1.27. The fourth-order valence-corrected chi connectivity index (χ4v) is 1.75. The quantitative estimate of drug-likeness (QED) is 0.890. The van der Waals surface area contributed by atoms with Crippen LogP contribution in [0.4, 0.5) is 0 Å². The van der Waals surface area contributed by atoms with Gasteiger partial charge in [-0.25, -0.2) is 0 Å². The van der Waals surface area contributed by atoms with Crippen LogP contribution in [0.15, 0.2) is 42.6 Å². The Labute approximate surface area is 104 Å². The SMILES string of the molecule is NC(c1cccc(Cl)c1)c1ccc(Cl)cn1. The molecule has 0 fully saturated rings. The van der Waals surface area contributed by atoms with E-state index >= 15 is 0 Å². The lowest BCUT2D eigenvalue weighted by molar-refractivity contribution is 0.829. The summed E-state index contributed by atoms with van der Waals surface area (Å²) in [5.74, 6) is 0. The van der Waals surface area contributed by atoms with Crippen LogP contribution in [0.3, 0.4) is 0 Å². The van der Waals surface area contributed by atoms with Crippen molar-refractivity contribution in [3.8, 4) is 0 Å². The Kier molecular flexibility index (Phi) is 3.44. The van der Waals surface area contributed by atoms with Gasteiger partial charge in [0.25, 0.3) is 0 Å². The molecule has 0 aliphatic heterocycles. The van der Waals surface area contributed by atoms with E-state index in [9.17, 15) is 0 Å². The van der Waals surface area contributed by atoms with Crippen molar-refractivity contribution in [1.29, 1.82) is 0 Å². The van der Waals surface area contributed by atoms with Gasteiger partial charge in [0.2, 0.25) is 0 Å². The van der Waals surface area contributed by atoms with E-state index in [1.165, 1.54) is 0 Å². The van der Waals surface area contributed by atoms with E-state index in [2.05, 4.69) is 4.98 Å². The highest BCUT2D eigenvalue weighted by Gasteiger charge is 2.10. The summed E-state index contributed by atoms with van der Waals surface area (Å²) < 4.78 is 0. The van der Waals surface area contributed by atoms with Crippen LogP contribution in [0.25, 0.3) is 0 Å². The van der Waals surface area contributed by atoms with E-state index in [0.717, 1.165) is 11.3 Å². The summed E-state index contributed by atoms with van der Waals surface area (Å²) in [5.41, 5.74) is 7.77. The number of benzene rings is 1. The topological polar surface area (TPSA) is 38.9 Å². The molecule has 1 aromatic heterocycles. The monoisotopic (exact) mass is 252 g/mol. The van der Waals surface area contributed by atoms with E-state index in [0.29, 0.717) is 10.0 Å². The zero-order chi connectivity index (χ0) is 11.5. The first-order valence-electron chi connectivity index (χ1n) is 4.79. The van der Waals surface area contributed by atoms with E-state index in [4.69, 9.17) is 28.9 Å². The molecule has 1 atom stereocenters. The molecule has 1 aromatic carbocycles. The number of aromatic nitrogens is 1. The standard InChI is InChI=1S/C12H10Cl2N2/c13-9-3-1-2-8(6-9)12(15)11-5-4-10(14)7-16-11/h1-7,12H,15H2. The predicted octanol–water partition coefficient (Wildman–Crippen LogP) is 3.44. The summed E-state index contributed by atoms with van der Waals surface area (Å²) in [4.78, 5) is 4.18. The first-order valence-corrected chi connectivity index (χ1v) is 5.55. The Morgan fingerprint density at radius 1 is 1.06 bits per heavy atom. The average Bonchev–Trinajstić information content (AvgIpc) is 2.29. The van der Waals surface area contributed by atoms with Crippen molar-refractivity contribution in [2.45, 2.75) is 6.04 Å². The Hall–Kier alpha value is -1.09. The summed E-state index contributed by atoms with van der Waals surface area (Å²) >= 11 is 11.7. The summed E-state index contributed by atoms with van der Waals surface area (Å²) in [6, 6.07) is 10.7. The van der Waals surface area contributed by atoms with Crippen molar-refractivity contribution < 1.29 is 0 Å². The molecule has 0 saturated heterocycles. The van der Waals surface area contributed by atoms with Crippen LogP contribution < -0.4 is 5.73 Å². The van der Waals surface area contributed by atoms with E-state index in [1.54, 1.807) is 12.3 Å². The number of halogens is 2. The molecule has 2 rings (SSSR count).